The molecule has 17 heavy (non-hydrogen) atoms. The van der Waals surface area contributed by atoms with Crippen LogP contribution in [0.2, 0.25) is 0 Å². The van der Waals surface area contributed by atoms with Crippen molar-refractivity contribution < 1.29 is 9.53 Å². The number of halogens is 1. The van der Waals surface area contributed by atoms with E-state index < -0.39 is 0 Å². The van der Waals surface area contributed by atoms with Crippen molar-refractivity contribution in [3.8, 4) is 0 Å². The standard InChI is InChI=1S/C11H17BrN2O2S/c1-8(11-9(12)3-6-17-11)14-7-10(15)13-4-5-16-2/h3,6,8,14H,4-5,7H2,1-2H3,(H,13,15). The molecule has 0 bridgehead atoms. The molecule has 1 aromatic rings. The summed E-state index contributed by atoms with van der Waals surface area (Å²) >= 11 is 5.15. The maximum absolute atomic E-state index is 11.4. The van der Waals surface area contributed by atoms with Gasteiger partial charge in [0, 0.05) is 29.0 Å². The van der Waals surface area contributed by atoms with Crippen molar-refractivity contribution in [1.29, 1.82) is 0 Å². The number of hydrogen-bond donors (Lipinski definition) is 2. The molecule has 0 saturated carbocycles. The van der Waals surface area contributed by atoms with E-state index in [9.17, 15) is 4.79 Å². The zero-order valence-corrected chi connectivity index (χ0v) is 12.4. The molecule has 1 heterocycles. The molecule has 6 heteroatoms. The van der Waals surface area contributed by atoms with Gasteiger partial charge in [0.05, 0.1) is 13.2 Å². The van der Waals surface area contributed by atoms with E-state index in [0.29, 0.717) is 19.7 Å². The number of thiophene rings is 1. The maximum Gasteiger partial charge on any atom is 0.234 e. The Hall–Kier alpha value is -0.430. The number of rotatable bonds is 7. The van der Waals surface area contributed by atoms with Crippen LogP contribution in [0, 0.1) is 0 Å². The van der Waals surface area contributed by atoms with Crippen molar-refractivity contribution in [3.05, 3.63) is 20.8 Å². The van der Waals surface area contributed by atoms with Crippen LogP contribution in [0.15, 0.2) is 15.9 Å². The molecule has 1 rings (SSSR count). The molecule has 4 nitrogen and oxygen atoms in total. The van der Waals surface area contributed by atoms with Gasteiger partial charge in [0.1, 0.15) is 0 Å². The number of carbonyl (C=O) groups is 1. The van der Waals surface area contributed by atoms with Crippen LogP contribution in [0.25, 0.3) is 0 Å². The van der Waals surface area contributed by atoms with Crippen molar-refractivity contribution in [2.24, 2.45) is 0 Å². The lowest BCUT2D eigenvalue weighted by atomic mass is 10.3. The Morgan fingerprint density at radius 3 is 3.00 bits per heavy atom. The number of hydrogen-bond acceptors (Lipinski definition) is 4. The topological polar surface area (TPSA) is 50.4 Å². The lowest BCUT2D eigenvalue weighted by Gasteiger charge is -2.12. The van der Waals surface area contributed by atoms with Crippen LogP contribution in [-0.2, 0) is 9.53 Å². The maximum atomic E-state index is 11.4. The van der Waals surface area contributed by atoms with Gasteiger partial charge in [-0.1, -0.05) is 0 Å². The van der Waals surface area contributed by atoms with Gasteiger partial charge < -0.3 is 15.4 Å². The summed E-state index contributed by atoms with van der Waals surface area (Å²) < 4.78 is 5.94. The molecule has 0 aliphatic rings. The van der Waals surface area contributed by atoms with E-state index in [1.807, 2.05) is 18.4 Å². The summed E-state index contributed by atoms with van der Waals surface area (Å²) in [5, 5.41) is 7.97. The quantitative estimate of drug-likeness (QED) is 0.755. The van der Waals surface area contributed by atoms with E-state index >= 15 is 0 Å². The molecule has 1 aromatic heterocycles. The van der Waals surface area contributed by atoms with E-state index in [1.165, 1.54) is 4.88 Å². The fraction of sp³-hybridized carbons (Fsp3) is 0.545. The highest BCUT2D eigenvalue weighted by atomic mass is 79.9. The van der Waals surface area contributed by atoms with Crippen LogP contribution in [0.4, 0.5) is 0 Å². The molecular weight excluding hydrogens is 304 g/mol. The van der Waals surface area contributed by atoms with E-state index in [-0.39, 0.29) is 11.9 Å². The van der Waals surface area contributed by atoms with Crippen LogP contribution in [-0.4, -0.2) is 32.7 Å². The van der Waals surface area contributed by atoms with Gasteiger partial charge in [-0.25, -0.2) is 0 Å². The summed E-state index contributed by atoms with van der Waals surface area (Å²) in [5.41, 5.74) is 0. The molecule has 0 fully saturated rings. The highest BCUT2D eigenvalue weighted by Crippen LogP contribution is 2.28. The smallest absolute Gasteiger partial charge is 0.234 e. The molecular formula is C11H17BrN2O2S. The van der Waals surface area contributed by atoms with E-state index in [0.717, 1.165) is 4.47 Å². The van der Waals surface area contributed by atoms with Gasteiger partial charge in [-0.3, -0.25) is 4.79 Å². The zero-order chi connectivity index (χ0) is 12.7. The van der Waals surface area contributed by atoms with Crippen LogP contribution in [0.1, 0.15) is 17.8 Å². The number of methoxy groups -OCH3 is 1. The van der Waals surface area contributed by atoms with Gasteiger partial charge in [0.15, 0.2) is 0 Å². The molecule has 0 aliphatic heterocycles. The van der Waals surface area contributed by atoms with Crippen LogP contribution in [0.5, 0.6) is 0 Å². The molecule has 0 saturated heterocycles. The first-order chi connectivity index (χ1) is 8.15. The lowest BCUT2D eigenvalue weighted by molar-refractivity contribution is -0.120. The van der Waals surface area contributed by atoms with Crippen molar-refractivity contribution in [3.63, 3.8) is 0 Å². The Bertz CT molecular complexity index is 357. The molecule has 1 amide bonds. The predicted molar refractivity (Wildman–Crippen MR) is 73.3 cm³/mol. The Morgan fingerprint density at radius 1 is 1.65 bits per heavy atom. The second-order valence-corrected chi connectivity index (χ2v) is 5.38. The fourth-order valence-electron chi connectivity index (χ4n) is 1.31. The Morgan fingerprint density at radius 2 is 2.41 bits per heavy atom. The molecule has 96 valence electrons. The summed E-state index contributed by atoms with van der Waals surface area (Å²) in [5.74, 6) is -0.0124. The summed E-state index contributed by atoms with van der Waals surface area (Å²) in [6, 6.07) is 2.18. The minimum absolute atomic E-state index is 0.0124. The van der Waals surface area contributed by atoms with Crippen LogP contribution in [0.3, 0.4) is 0 Å². The predicted octanol–water partition coefficient (Wildman–Crippen LogP) is 1.92. The van der Waals surface area contributed by atoms with Gasteiger partial charge in [0.2, 0.25) is 5.91 Å². The highest BCUT2D eigenvalue weighted by molar-refractivity contribution is 9.10. The molecule has 2 N–H and O–H groups in total. The van der Waals surface area contributed by atoms with E-state index in [1.54, 1.807) is 18.4 Å². The average molecular weight is 321 g/mol. The number of carbonyl (C=O) groups excluding carboxylic acids is 1. The second-order valence-electron chi connectivity index (χ2n) is 3.58. The number of amides is 1. The van der Waals surface area contributed by atoms with Gasteiger partial charge >= 0.3 is 0 Å². The van der Waals surface area contributed by atoms with E-state index in [2.05, 4.69) is 26.6 Å². The molecule has 0 aliphatic carbocycles. The molecule has 1 unspecified atom stereocenters. The first-order valence-electron chi connectivity index (χ1n) is 5.37. The third-order valence-corrected chi connectivity index (χ3v) is 4.29. The van der Waals surface area contributed by atoms with Crippen LogP contribution < -0.4 is 10.6 Å². The van der Waals surface area contributed by atoms with Gasteiger partial charge in [-0.15, -0.1) is 11.3 Å². The normalized spacial score (nSPS) is 12.4. The van der Waals surface area contributed by atoms with Gasteiger partial charge in [-0.05, 0) is 34.3 Å². The SMILES string of the molecule is COCCNC(=O)CNC(C)c1sccc1Br. The Balaban J connectivity index is 2.26. The van der Waals surface area contributed by atoms with Gasteiger partial charge in [-0.2, -0.15) is 0 Å². The highest BCUT2D eigenvalue weighted by Gasteiger charge is 2.11. The number of nitrogens with one attached hydrogen (secondary N) is 2. The Kier molecular flexibility index (Phi) is 6.72. The van der Waals surface area contributed by atoms with Gasteiger partial charge in [0.25, 0.3) is 0 Å². The fourth-order valence-corrected chi connectivity index (χ4v) is 3.06. The lowest BCUT2D eigenvalue weighted by Crippen LogP contribution is -2.36. The number of ether oxygens (including phenoxy) is 1. The average Bonchev–Trinajstić information content (AvgIpc) is 2.73. The van der Waals surface area contributed by atoms with Crippen LogP contribution >= 0.6 is 27.3 Å². The largest absolute Gasteiger partial charge is 0.383 e. The molecule has 0 spiro atoms. The Labute approximate surface area is 114 Å². The summed E-state index contributed by atoms with van der Waals surface area (Å²) in [7, 11) is 1.61. The minimum atomic E-state index is -0.0124. The second kappa shape index (κ2) is 7.81. The third-order valence-electron chi connectivity index (χ3n) is 2.24. The first kappa shape index (κ1) is 14.6. The third kappa shape index (κ3) is 5.16. The summed E-state index contributed by atoms with van der Waals surface area (Å²) in [6.45, 7) is 3.44. The summed E-state index contributed by atoms with van der Waals surface area (Å²) in [4.78, 5) is 12.6. The first-order valence-corrected chi connectivity index (χ1v) is 7.04. The molecule has 0 radical (unpaired) electrons. The minimum Gasteiger partial charge on any atom is -0.383 e. The van der Waals surface area contributed by atoms with Crippen molar-refractivity contribution in [2.75, 3.05) is 26.8 Å². The monoisotopic (exact) mass is 320 g/mol. The molecule has 0 aromatic carbocycles. The van der Waals surface area contributed by atoms with Crippen molar-refractivity contribution in [2.45, 2.75) is 13.0 Å². The van der Waals surface area contributed by atoms with Crippen molar-refractivity contribution in [1.82, 2.24) is 10.6 Å². The zero-order valence-electron chi connectivity index (χ0n) is 9.96. The summed E-state index contributed by atoms with van der Waals surface area (Å²) in [6.07, 6.45) is 0. The molecule has 1 atom stereocenters. The van der Waals surface area contributed by atoms with E-state index in [4.69, 9.17) is 4.74 Å². The van der Waals surface area contributed by atoms with Crippen molar-refractivity contribution >= 4 is 33.2 Å².